The van der Waals surface area contributed by atoms with Crippen molar-refractivity contribution in [1.82, 2.24) is 4.90 Å². The molecule has 0 aromatic heterocycles. The summed E-state index contributed by atoms with van der Waals surface area (Å²) in [5, 5.41) is 3.50. The van der Waals surface area contributed by atoms with Crippen LogP contribution in [0.4, 0.5) is 17.1 Å². The Morgan fingerprint density at radius 2 is 1.18 bits per heavy atom. The summed E-state index contributed by atoms with van der Waals surface area (Å²) < 4.78 is 0. The monoisotopic (exact) mass is 505 g/mol. The molecule has 2 aliphatic rings. The van der Waals surface area contributed by atoms with Gasteiger partial charge in [-0.1, -0.05) is 84.4 Å². The van der Waals surface area contributed by atoms with Crippen molar-refractivity contribution in [2.24, 2.45) is 0 Å². The van der Waals surface area contributed by atoms with Gasteiger partial charge in [0, 0.05) is 37.7 Å². The van der Waals surface area contributed by atoms with Crippen molar-refractivity contribution in [3.63, 3.8) is 0 Å². The van der Waals surface area contributed by atoms with Crippen LogP contribution in [-0.4, -0.2) is 38.6 Å². The Labute approximate surface area is 230 Å². The standard InChI is InChI=1S/C14H22N2.C14H13N.C7H8/c1-15(2)14-7-5-13(6-8-14)9-12-16-10-3-4-11-16;1-3-7-13-11(5-1)9-10-12-6-2-4-8-14(12)15-13;1-7-5-3-2-4-6-7/h5-8H,3-4,9-12H2,1-2H3;1-8,15H,9-10H2;2-6H,1H3. The first kappa shape index (κ1) is 27.5. The minimum Gasteiger partial charge on any atom is -0.378 e. The number of fused-ring (bicyclic) bond motifs is 2. The molecule has 0 radical (unpaired) electrons. The highest BCUT2D eigenvalue weighted by Gasteiger charge is 2.11. The minimum atomic E-state index is 1.13. The van der Waals surface area contributed by atoms with Gasteiger partial charge < -0.3 is 15.1 Å². The molecule has 4 aromatic rings. The van der Waals surface area contributed by atoms with Crippen LogP contribution in [0.15, 0.2) is 103 Å². The van der Waals surface area contributed by atoms with Crippen LogP contribution < -0.4 is 10.2 Å². The maximum atomic E-state index is 3.50. The van der Waals surface area contributed by atoms with Crippen molar-refractivity contribution in [2.45, 2.75) is 39.0 Å². The fraction of sp³-hybridized carbons (Fsp3) is 0.314. The molecule has 2 aliphatic heterocycles. The molecule has 6 rings (SSSR count). The van der Waals surface area contributed by atoms with Crippen LogP contribution in [-0.2, 0) is 19.3 Å². The zero-order valence-electron chi connectivity index (χ0n) is 23.4. The van der Waals surface area contributed by atoms with E-state index in [-0.39, 0.29) is 0 Å². The van der Waals surface area contributed by atoms with Gasteiger partial charge in [-0.2, -0.15) is 0 Å². The van der Waals surface area contributed by atoms with Crippen LogP contribution in [0.1, 0.15) is 35.1 Å². The molecular weight excluding hydrogens is 462 g/mol. The van der Waals surface area contributed by atoms with Crippen LogP contribution in [0.3, 0.4) is 0 Å². The van der Waals surface area contributed by atoms with Crippen molar-refractivity contribution >= 4 is 17.1 Å². The highest BCUT2D eigenvalue weighted by molar-refractivity contribution is 5.67. The molecule has 0 aliphatic carbocycles. The Morgan fingerprint density at radius 1 is 0.658 bits per heavy atom. The van der Waals surface area contributed by atoms with Gasteiger partial charge in [0.25, 0.3) is 0 Å². The van der Waals surface area contributed by atoms with Gasteiger partial charge in [-0.05, 0) is 93.1 Å². The zero-order valence-corrected chi connectivity index (χ0v) is 23.4. The Hall–Kier alpha value is -3.56. The fourth-order valence-corrected chi connectivity index (χ4v) is 4.92. The third-order valence-electron chi connectivity index (χ3n) is 7.28. The lowest BCUT2D eigenvalue weighted by molar-refractivity contribution is 0.343. The molecule has 38 heavy (non-hydrogen) atoms. The second-order valence-electron chi connectivity index (χ2n) is 10.5. The first-order chi connectivity index (χ1) is 18.6. The van der Waals surface area contributed by atoms with Crippen molar-refractivity contribution in [2.75, 3.05) is 43.9 Å². The van der Waals surface area contributed by atoms with Gasteiger partial charge in [-0.3, -0.25) is 0 Å². The van der Waals surface area contributed by atoms with Crippen molar-refractivity contribution in [1.29, 1.82) is 0 Å². The van der Waals surface area contributed by atoms with Gasteiger partial charge in [0.05, 0.1) is 0 Å². The number of rotatable bonds is 4. The van der Waals surface area contributed by atoms with Gasteiger partial charge in [-0.15, -0.1) is 0 Å². The van der Waals surface area contributed by atoms with Crippen LogP contribution in [0.2, 0.25) is 0 Å². The molecule has 4 aromatic carbocycles. The number of hydrogen-bond acceptors (Lipinski definition) is 3. The molecule has 198 valence electrons. The van der Waals surface area contributed by atoms with E-state index in [9.17, 15) is 0 Å². The van der Waals surface area contributed by atoms with E-state index >= 15 is 0 Å². The molecule has 0 saturated carbocycles. The second kappa shape index (κ2) is 14.4. The molecule has 1 N–H and O–H groups in total. The van der Waals surface area contributed by atoms with Gasteiger partial charge in [0.2, 0.25) is 0 Å². The Kier molecular flexibility index (Phi) is 10.4. The molecule has 1 fully saturated rings. The number of nitrogens with one attached hydrogen (secondary N) is 1. The van der Waals surface area contributed by atoms with Crippen LogP contribution in [0.5, 0.6) is 0 Å². The second-order valence-corrected chi connectivity index (χ2v) is 10.5. The third-order valence-corrected chi connectivity index (χ3v) is 7.28. The van der Waals surface area contributed by atoms with Crippen molar-refractivity contribution in [3.8, 4) is 0 Å². The maximum absolute atomic E-state index is 3.50. The van der Waals surface area contributed by atoms with E-state index in [1.165, 1.54) is 78.2 Å². The number of hydrogen-bond donors (Lipinski definition) is 1. The topological polar surface area (TPSA) is 18.5 Å². The summed E-state index contributed by atoms with van der Waals surface area (Å²) in [7, 11) is 4.17. The predicted octanol–water partition coefficient (Wildman–Crippen LogP) is 7.91. The van der Waals surface area contributed by atoms with E-state index in [0.717, 1.165) is 12.8 Å². The average Bonchev–Trinajstić information content (AvgIpc) is 3.40. The molecule has 0 atom stereocenters. The first-order valence-corrected chi connectivity index (χ1v) is 14.0. The minimum absolute atomic E-state index is 1.13. The summed E-state index contributed by atoms with van der Waals surface area (Å²) in [6.45, 7) is 5.91. The Bertz CT molecular complexity index is 1180. The lowest BCUT2D eigenvalue weighted by Crippen LogP contribution is -2.21. The summed E-state index contributed by atoms with van der Waals surface area (Å²) in [6.07, 6.45) is 6.22. The molecule has 0 bridgehead atoms. The van der Waals surface area contributed by atoms with Gasteiger partial charge >= 0.3 is 0 Å². The van der Waals surface area contributed by atoms with Gasteiger partial charge in [0.15, 0.2) is 0 Å². The molecule has 3 heteroatoms. The smallest absolute Gasteiger partial charge is 0.0416 e. The normalized spacial score (nSPS) is 13.9. The molecular formula is C35H43N3. The van der Waals surface area contributed by atoms with E-state index in [1.807, 2.05) is 18.2 Å². The lowest BCUT2D eigenvalue weighted by atomic mass is 10.0. The molecule has 3 nitrogen and oxygen atoms in total. The van der Waals surface area contributed by atoms with Crippen molar-refractivity contribution < 1.29 is 0 Å². The number of nitrogens with zero attached hydrogens (tertiary/aromatic N) is 2. The zero-order chi connectivity index (χ0) is 26.6. The Balaban J connectivity index is 0.000000142. The first-order valence-electron chi connectivity index (χ1n) is 14.0. The SMILES string of the molecule is CN(C)c1ccc(CCN2CCCC2)cc1.Cc1ccccc1.c1ccc2c(c1)CCc1ccccc1N2. The number of anilines is 3. The molecule has 1 saturated heterocycles. The molecule has 0 unspecified atom stereocenters. The predicted molar refractivity (Wildman–Crippen MR) is 165 cm³/mol. The van der Waals surface area contributed by atoms with Crippen LogP contribution >= 0.6 is 0 Å². The third kappa shape index (κ3) is 8.49. The summed E-state index contributed by atoms with van der Waals surface area (Å²) in [5.74, 6) is 0. The number of likely N-dealkylation sites (tertiary alicyclic amines) is 1. The van der Waals surface area contributed by atoms with E-state index in [0.29, 0.717) is 0 Å². The quantitative estimate of drug-likeness (QED) is 0.304. The maximum Gasteiger partial charge on any atom is 0.0416 e. The Morgan fingerprint density at radius 3 is 1.68 bits per heavy atom. The van der Waals surface area contributed by atoms with Gasteiger partial charge in [0.1, 0.15) is 0 Å². The summed E-state index contributed by atoms with van der Waals surface area (Å²) >= 11 is 0. The largest absolute Gasteiger partial charge is 0.378 e. The summed E-state index contributed by atoms with van der Waals surface area (Å²) in [4.78, 5) is 4.71. The fourth-order valence-electron chi connectivity index (χ4n) is 4.92. The highest BCUT2D eigenvalue weighted by atomic mass is 15.1. The highest BCUT2D eigenvalue weighted by Crippen LogP contribution is 2.29. The number of aryl methyl sites for hydroxylation is 3. The average molecular weight is 506 g/mol. The molecule has 0 amide bonds. The molecule has 2 heterocycles. The van der Waals surface area contributed by atoms with E-state index in [2.05, 4.69) is 121 Å². The number of para-hydroxylation sites is 2. The van der Waals surface area contributed by atoms with E-state index in [1.54, 1.807) is 0 Å². The van der Waals surface area contributed by atoms with E-state index < -0.39 is 0 Å². The van der Waals surface area contributed by atoms with Crippen molar-refractivity contribution in [3.05, 3.63) is 125 Å². The number of benzene rings is 4. The van der Waals surface area contributed by atoms with Crippen LogP contribution in [0, 0.1) is 6.92 Å². The van der Waals surface area contributed by atoms with Crippen LogP contribution in [0.25, 0.3) is 0 Å². The summed E-state index contributed by atoms with van der Waals surface area (Å²) in [6, 6.07) is 36.3. The lowest BCUT2D eigenvalue weighted by Gasteiger charge is -2.15. The van der Waals surface area contributed by atoms with E-state index in [4.69, 9.17) is 0 Å². The summed E-state index contributed by atoms with van der Waals surface area (Å²) in [5.41, 5.74) is 9.39. The molecule has 0 spiro atoms. The van der Waals surface area contributed by atoms with Gasteiger partial charge in [-0.25, -0.2) is 0 Å².